The molecule has 0 spiro atoms. The van der Waals surface area contributed by atoms with E-state index in [1.54, 1.807) is 18.0 Å². The summed E-state index contributed by atoms with van der Waals surface area (Å²) in [7, 11) is 0. The Balaban J connectivity index is 2.16. The Morgan fingerprint density at radius 1 is 1.67 bits per heavy atom. The minimum Gasteiger partial charge on any atom is -0.332 e. The topological polar surface area (TPSA) is 64.2 Å². The lowest BCUT2D eigenvalue weighted by Crippen LogP contribution is -2.45. The molecule has 0 radical (unpaired) electrons. The summed E-state index contributed by atoms with van der Waals surface area (Å²) in [6, 6.07) is -0.456. The van der Waals surface area contributed by atoms with Gasteiger partial charge in [-0.2, -0.15) is 0 Å². The van der Waals surface area contributed by atoms with Crippen LogP contribution in [0.1, 0.15) is 12.7 Å². The molecule has 1 aromatic rings. The molecule has 1 aliphatic rings. The van der Waals surface area contributed by atoms with Gasteiger partial charge in [0.15, 0.2) is 0 Å². The van der Waals surface area contributed by atoms with Crippen LogP contribution in [0, 0.1) is 0 Å². The van der Waals surface area contributed by atoms with Crippen LogP contribution >= 0.6 is 11.6 Å². The van der Waals surface area contributed by atoms with Gasteiger partial charge in [-0.1, -0.05) is 11.6 Å². The number of rotatable bonds is 1. The number of hydrogen-bond acceptors (Lipinski definition) is 3. The van der Waals surface area contributed by atoms with Gasteiger partial charge >= 0.3 is 0 Å². The predicted molar refractivity (Wildman–Crippen MR) is 56.3 cm³/mol. The number of carbonyl (C=O) groups is 1. The highest BCUT2D eigenvalue weighted by molar-refractivity contribution is 6.29. The minimum atomic E-state index is -0.456. The molecule has 82 valence electrons. The van der Waals surface area contributed by atoms with E-state index < -0.39 is 6.04 Å². The van der Waals surface area contributed by atoms with Crippen LogP contribution in [-0.2, 0) is 17.9 Å². The van der Waals surface area contributed by atoms with Crippen molar-refractivity contribution in [2.75, 3.05) is 6.54 Å². The van der Waals surface area contributed by atoms with Gasteiger partial charge in [0.25, 0.3) is 0 Å². The van der Waals surface area contributed by atoms with Gasteiger partial charge in [-0.3, -0.25) is 4.79 Å². The van der Waals surface area contributed by atoms with Crippen molar-refractivity contribution in [1.82, 2.24) is 14.5 Å². The van der Waals surface area contributed by atoms with Gasteiger partial charge in [0.1, 0.15) is 11.0 Å². The van der Waals surface area contributed by atoms with Gasteiger partial charge in [0.05, 0.1) is 18.8 Å². The molecular formula is C9H13ClN4O. The number of aromatic nitrogens is 2. The quantitative estimate of drug-likeness (QED) is 0.748. The van der Waals surface area contributed by atoms with Gasteiger partial charge in [0.2, 0.25) is 5.91 Å². The lowest BCUT2D eigenvalue weighted by molar-refractivity contribution is -0.133. The Labute approximate surface area is 92.8 Å². The van der Waals surface area contributed by atoms with Crippen LogP contribution in [0.15, 0.2) is 6.20 Å². The number of amides is 1. The third kappa shape index (κ3) is 1.85. The van der Waals surface area contributed by atoms with Gasteiger partial charge in [-0.05, 0) is 6.92 Å². The molecule has 15 heavy (non-hydrogen) atoms. The number of nitrogens with zero attached hydrogens (tertiary/aromatic N) is 3. The highest BCUT2D eigenvalue weighted by atomic mass is 35.5. The molecule has 0 saturated carbocycles. The molecule has 1 aromatic heterocycles. The molecule has 0 saturated heterocycles. The van der Waals surface area contributed by atoms with E-state index in [1.807, 2.05) is 4.57 Å². The maximum absolute atomic E-state index is 11.6. The number of nitrogens with two attached hydrogens (primary N) is 1. The van der Waals surface area contributed by atoms with Crippen LogP contribution in [-0.4, -0.2) is 32.9 Å². The first-order chi connectivity index (χ1) is 7.09. The second-order valence-electron chi connectivity index (χ2n) is 3.70. The van der Waals surface area contributed by atoms with Crippen LogP contribution in [0.4, 0.5) is 0 Å². The minimum absolute atomic E-state index is 0.0413. The maximum atomic E-state index is 11.6. The number of imidazole rings is 1. The smallest absolute Gasteiger partial charge is 0.239 e. The van der Waals surface area contributed by atoms with Crippen LogP contribution in [0.5, 0.6) is 0 Å². The highest BCUT2D eigenvalue weighted by Gasteiger charge is 2.24. The Morgan fingerprint density at radius 3 is 3.07 bits per heavy atom. The summed E-state index contributed by atoms with van der Waals surface area (Å²) in [5, 5.41) is 0.623. The monoisotopic (exact) mass is 228 g/mol. The summed E-state index contributed by atoms with van der Waals surface area (Å²) < 4.78 is 1.91. The van der Waals surface area contributed by atoms with Crippen LogP contribution in [0.2, 0.25) is 5.15 Å². The molecule has 1 aliphatic heterocycles. The predicted octanol–water partition coefficient (Wildman–Crippen LogP) is 0.226. The van der Waals surface area contributed by atoms with E-state index in [1.165, 1.54) is 0 Å². The standard InChI is InChI=1S/C9H13ClN4O/c1-6(11)9(15)13-2-3-14-7(10)4-12-8(14)5-13/h4,6H,2-3,5,11H2,1H3/t6-/m0/s1. The first-order valence-electron chi connectivity index (χ1n) is 4.84. The van der Waals surface area contributed by atoms with E-state index in [2.05, 4.69) is 4.98 Å². The third-order valence-electron chi connectivity index (χ3n) is 2.52. The fraction of sp³-hybridized carbons (Fsp3) is 0.556. The Kier molecular flexibility index (Phi) is 2.67. The zero-order chi connectivity index (χ0) is 11.0. The van der Waals surface area contributed by atoms with Crippen molar-refractivity contribution in [1.29, 1.82) is 0 Å². The lowest BCUT2D eigenvalue weighted by Gasteiger charge is -2.29. The molecule has 2 N–H and O–H groups in total. The summed E-state index contributed by atoms with van der Waals surface area (Å²) in [6.07, 6.45) is 1.61. The van der Waals surface area contributed by atoms with Crippen molar-refractivity contribution >= 4 is 17.5 Å². The average molecular weight is 229 g/mol. The first-order valence-corrected chi connectivity index (χ1v) is 5.21. The number of hydrogen-bond donors (Lipinski definition) is 1. The summed E-state index contributed by atoms with van der Waals surface area (Å²) in [4.78, 5) is 17.5. The normalized spacial score (nSPS) is 17.4. The van der Waals surface area contributed by atoms with Crippen molar-refractivity contribution < 1.29 is 4.79 Å². The molecule has 6 heteroatoms. The zero-order valence-electron chi connectivity index (χ0n) is 8.48. The third-order valence-corrected chi connectivity index (χ3v) is 2.82. The summed E-state index contributed by atoms with van der Waals surface area (Å²) in [6.45, 7) is 3.51. The molecule has 1 amide bonds. The van der Waals surface area contributed by atoms with Crippen LogP contribution in [0.25, 0.3) is 0 Å². The van der Waals surface area contributed by atoms with Crippen molar-refractivity contribution in [2.45, 2.75) is 26.1 Å². The van der Waals surface area contributed by atoms with Gasteiger partial charge in [0, 0.05) is 13.1 Å². The van der Waals surface area contributed by atoms with E-state index in [-0.39, 0.29) is 5.91 Å². The van der Waals surface area contributed by atoms with Crippen molar-refractivity contribution in [2.24, 2.45) is 5.73 Å². The second kappa shape index (κ2) is 3.83. The number of carbonyl (C=O) groups excluding carboxylic acids is 1. The molecule has 2 rings (SSSR count). The molecule has 0 aliphatic carbocycles. The van der Waals surface area contributed by atoms with E-state index in [9.17, 15) is 4.79 Å². The van der Waals surface area contributed by atoms with E-state index in [0.717, 1.165) is 5.82 Å². The largest absolute Gasteiger partial charge is 0.332 e. The average Bonchev–Trinajstić information content (AvgIpc) is 2.59. The molecule has 0 bridgehead atoms. The molecule has 2 heterocycles. The molecule has 5 nitrogen and oxygen atoms in total. The maximum Gasteiger partial charge on any atom is 0.239 e. The molecule has 0 aromatic carbocycles. The van der Waals surface area contributed by atoms with Crippen molar-refractivity contribution in [3.63, 3.8) is 0 Å². The van der Waals surface area contributed by atoms with Gasteiger partial charge in [-0.15, -0.1) is 0 Å². The number of halogens is 1. The Morgan fingerprint density at radius 2 is 2.40 bits per heavy atom. The molecule has 0 fully saturated rings. The molecule has 0 unspecified atom stereocenters. The van der Waals surface area contributed by atoms with Crippen molar-refractivity contribution in [3.8, 4) is 0 Å². The van der Waals surface area contributed by atoms with E-state index in [4.69, 9.17) is 17.3 Å². The van der Waals surface area contributed by atoms with Crippen LogP contribution in [0.3, 0.4) is 0 Å². The van der Waals surface area contributed by atoms with Gasteiger partial charge < -0.3 is 15.2 Å². The molecule has 1 atom stereocenters. The highest BCUT2D eigenvalue weighted by Crippen LogP contribution is 2.17. The van der Waals surface area contributed by atoms with E-state index in [0.29, 0.717) is 24.8 Å². The van der Waals surface area contributed by atoms with Gasteiger partial charge in [-0.25, -0.2) is 4.98 Å². The first kappa shape index (κ1) is 10.4. The molecular weight excluding hydrogens is 216 g/mol. The fourth-order valence-corrected chi connectivity index (χ4v) is 1.93. The van der Waals surface area contributed by atoms with Crippen LogP contribution < -0.4 is 5.73 Å². The zero-order valence-corrected chi connectivity index (χ0v) is 9.24. The Bertz CT molecular complexity index is 387. The number of fused-ring (bicyclic) bond motifs is 1. The summed E-state index contributed by atoms with van der Waals surface area (Å²) in [5.74, 6) is 0.778. The summed E-state index contributed by atoms with van der Waals surface area (Å²) in [5.41, 5.74) is 5.55. The Hall–Kier alpha value is -1.07. The SMILES string of the molecule is C[C@H](N)C(=O)N1CCn2c(Cl)cnc2C1. The lowest BCUT2D eigenvalue weighted by atomic mass is 10.2. The fourth-order valence-electron chi connectivity index (χ4n) is 1.70. The van der Waals surface area contributed by atoms with Crippen molar-refractivity contribution in [3.05, 3.63) is 17.2 Å². The summed E-state index contributed by atoms with van der Waals surface area (Å²) >= 11 is 5.92. The second-order valence-corrected chi connectivity index (χ2v) is 4.08. The van der Waals surface area contributed by atoms with E-state index >= 15 is 0 Å².